The summed E-state index contributed by atoms with van der Waals surface area (Å²) in [5.74, 6) is 1.06. The molecule has 7 nitrogen and oxygen atoms in total. The highest BCUT2D eigenvalue weighted by Gasteiger charge is 2.24. The molecular formula is C15H21N2O5+. The molecule has 1 aliphatic rings. The third kappa shape index (κ3) is 3.67. The van der Waals surface area contributed by atoms with Gasteiger partial charge >= 0.3 is 6.09 Å². The van der Waals surface area contributed by atoms with Crippen LogP contribution in [-0.4, -0.2) is 46.4 Å². The molecule has 0 fully saturated rings. The van der Waals surface area contributed by atoms with Crippen LogP contribution < -0.4 is 19.7 Å². The van der Waals surface area contributed by atoms with Crippen molar-refractivity contribution in [3.63, 3.8) is 0 Å². The van der Waals surface area contributed by atoms with Gasteiger partial charge in [-0.25, -0.2) is 4.79 Å². The summed E-state index contributed by atoms with van der Waals surface area (Å²) in [6.07, 6.45) is 0.115. The van der Waals surface area contributed by atoms with Crippen molar-refractivity contribution in [2.75, 3.05) is 34.4 Å². The van der Waals surface area contributed by atoms with Gasteiger partial charge in [0.2, 0.25) is 0 Å². The molecule has 1 aromatic rings. The highest BCUT2D eigenvalue weighted by molar-refractivity contribution is 5.92. The van der Waals surface area contributed by atoms with Crippen LogP contribution in [0.15, 0.2) is 12.1 Å². The summed E-state index contributed by atoms with van der Waals surface area (Å²) in [6, 6.07) is 3.94. The molecule has 0 aliphatic carbocycles. The van der Waals surface area contributed by atoms with E-state index in [2.05, 4.69) is 10.1 Å². The third-order valence-corrected chi connectivity index (χ3v) is 3.73. The van der Waals surface area contributed by atoms with Crippen LogP contribution in [-0.2, 0) is 22.5 Å². The van der Waals surface area contributed by atoms with Gasteiger partial charge in [-0.3, -0.25) is 10.1 Å². The summed E-state index contributed by atoms with van der Waals surface area (Å²) in [5.41, 5.74) is 2.33. The lowest BCUT2D eigenvalue weighted by Crippen LogP contribution is -3.12. The predicted octanol–water partition coefficient (Wildman–Crippen LogP) is -0.473. The van der Waals surface area contributed by atoms with Gasteiger partial charge in [0.05, 0.1) is 27.9 Å². The van der Waals surface area contributed by atoms with E-state index >= 15 is 0 Å². The van der Waals surface area contributed by atoms with Gasteiger partial charge < -0.3 is 19.1 Å². The maximum atomic E-state index is 11.7. The largest absolute Gasteiger partial charge is 0.493 e. The van der Waals surface area contributed by atoms with Crippen molar-refractivity contribution in [3.05, 3.63) is 23.3 Å². The first-order valence-corrected chi connectivity index (χ1v) is 7.02. The SMILES string of the molecule is COC(=O)NC(=O)C[NH+]1CCc2cc(OC)c(OC)cc2C1. The molecule has 0 spiro atoms. The molecule has 1 heterocycles. The summed E-state index contributed by atoms with van der Waals surface area (Å²) in [7, 11) is 4.44. The van der Waals surface area contributed by atoms with Crippen LogP contribution in [0.4, 0.5) is 4.79 Å². The van der Waals surface area contributed by atoms with E-state index in [1.54, 1.807) is 14.2 Å². The van der Waals surface area contributed by atoms with Gasteiger partial charge in [0.1, 0.15) is 6.54 Å². The molecule has 0 saturated carbocycles. The van der Waals surface area contributed by atoms with Gasteiger partial charge in [0.15, 0.2) is 18.0 Å². The molecule has 1 unspecified atom stereocenters. The maximum Gasteiger partial charge on any atom is 0.413 e. The highest BCUT2D eigenvalue weighted by Crippen LogP contribution is 2.31. The minimum absolute atomic E-state index is 0.225. The monoisotopic (exact) mass is 309 g/mol. The van der Waals surface area contributed by atoms with Crippen LogP contribution in [0.25, 0.3) is 0 Å². The molecule has 0 saturated heterocycles. The summed E-state index contributed by atoms with van der Waals surface area (Å²) >= 11 is 0. The molecule has 1 aliphatic heterocycles. The Labute approximate surface area is 129 Å². The topological polar surface area (TPSA) is 78.3 Å². The van der Waals surface area contributed by atoms with Crippen molar-refractivity contribution in [2.24, 2.45) is 0 Å². The first-order chi connectivity index (χ1) is 10.6. The van der Waals surface area contributed by atoms with E-state index in [1.807, 2.05) is 12.1 Å². The number of methoxy groups -OCH3 is 3. The molecular weight excluding hydrogens is 288 g/mol. The van der Waals surface area contributed by atoms with Gasteiger partial charge in [-0.05, 0) is 17.7 Å². The van der Waals surface area contributed by atoms with Gasteiger partial charge in [0.25, 0.3) is 5.91 Å². The molecule has 1 atom stereocenters. The predicted molar refractivity (Wildman–Crippen MR) is 78.2 cm³/mol. The molecule has 2 amide bonds. The van der Waals surface area contributed by atoms with E-state index in [0.29, 0.717) is 18.0 Å². The Morgan fingerprint density at radius 1 is 1.14 bits per heavy atom. The van der Waals surface area contributed by atoms with Crippen LogP contribution in [0.5, 0.6) is 11.5 Å². The molecule has 7 heteroatoms. The number of hydrogen-bond donors (Lipinski definition) is 2. The number of benzene rings is 1. The standard InChI is InChI=1S/C15H20N2O5/c1-20-12-6-10-4-5-17(8-11(10)7-13(12)21-2)9-14(18)16-15(19)22-3/h6-7H,4-5,8-9H2,1-3H3,(H,16,18,19)/p+1. The molecule has 1 aromatic carbocycles. The highest BCUT2D eigenvalue weighted by atomic mass is 16.5. The number of quaternary nitrogens is 1. The van der Waals surface area contributed by atoms with Crippen molar-refractivity contribution in [3.8, 4) is 11.5 Å². The van der Waals surface area contributed by atoms with Gasteiger partial charge in [-0.15, -0.1) is 0 Å². The summed E-state index contributed by atoms with van der Waals surface area (Å²) in [5, 5.41) is 2.18. The number of fused-ring (bicyclic) bond motifs is 1. The zero-order valence-electron chi connectivity index (χ0n) is 13.0. The first-order valence-electron chi connectivity index (χ1n) is 7.02. The fourth-order valence-electron chi connectivity index (χ4n) is 2.62. The number of rotatable bonds is 4. The van der Waals surface area contributed by atoms with Gasteiger partial charge in [0, 0.05) is 12.0 Å². The number of ether oxygens (including phenoxy) is 3. The zero-order valence-corrected chi connectivity index (χ0v) is 13.0. The number of nitrogens with one attached hydrogen (secondary N) is 2. The Morgan fingerprint density at radius 2 is 1.77 bits per heavy atom. The Bertz CT molecular complexity index is 573. The number of hydrogen-bond acceptors (Lipinski definition) is 5. The summed E-state index contributed by atoms with van der Waals surface area (Å²) in [4.78, 5) is 23.8. The number of alkyl carbamates (subject to hydrolysis) is 1. The molecule has 22 heavy (non-hydrogen) atoms. The van der Waals surface area contributed by atoms with Crippen LogP contribution in [0.1, 0.15) is 11.1 Å². The lowest BCUT2D eigenvalue weighted by molar-refractivity contribution is -0.908. The van der Waals surface area contributed by atoms with Crippen LogP contribution in [0, 0.1) is 0 Å². The molecule has 0 aromatic heterocycles. The fourth-order valence-corrected chi connectivity index (χ4v) is 2.62. The van der Waals surface area contributed by atoms with Crippen molar-refractivity contribution in [1.82, 2.24) is 5.32 Å². The van der Waals surface area contributed by atoms with Crippen molar-refractivity contribution in [1.29, 1.82) is 0 Å². The summed E-state index contributed by atoms with van der Waals surface area (Å²) < 4.78 is 15.0. The van der Waals surface area contributed by atoms with Crippen LogP contribution in [0.2, 0.25) is 0 Å². The maximum absolute atomic E-state index is 11.7. The number of imide groups is 1. The van der Waals surface area contributed by atoms with Crippen molar-refractivity contribution >= 4 is 12.0 Å². The Morgan fingerprint density at radius 3 is 2.36 bits per heavy atom. The lowest BCUT2D eigenvalue weighted by Gasteiger charge is -2.26. The third-order valence-electron chi connectivity index (χ3n) is 3.73. The molecule has 2 N–H and O–H groups in total. The number of amides is 2. The molecule has 0 bridgehead atoms. The van der Waals surface area contributed by atoms with Crippen LogP contribution in [0.3, 0.4) is 0 Å². The molecule has 0 radical (unpaired) electrons. The second-order valence-electron chi connectivity index (χ2n) is 5.12. The van der Waals surface area contributed by atoms with Gasteiger partial charge in [-0.1, -0.05) is 0 Å². The normalized spacial score (nSPS) is 16.4. The summed E-state index contributed by atoms with van der Waals surface area (Å²) in [6.45, 7) is 1.74. The Balaban J connectivity index is 2.05. The average molecular weight is 309 g/mol. The first kappa shape index (κ1) is 16.1. The van der Waals surface area contributed by atoms with E-state index in [-0.39, 0.29) is 12.5 Å². The minimum atomic E-state index is -0.729. The van der Waals surface area contributed by atoms with E-state index in [9.17, 15) is 9.59 Å². The van der Waals surface area contributed by atoms with Gasteiger partial charge in [-0.2, -0.15) is 0 Å². The number of carbonyl (C=O) groups excluding carboxylic acids is 2. The number of carbonyl (C=O) groups is 2. The van der Waals surface area contributed by atoms with E-state index < -0.39 is 6.09 Å². The molecule has 2 rings (SSSR count). The Hall–Kier alpha value is -2.28. The quantitative estimate of drug-likeness (QED) is 0.786. The van der Waals surface area contributed by atoms with Crippen molar-refractivity contribution < 1.29 is 28.7 Å². The minimum Gasteiger partial charge on any atom is -0.493 e. The second-order valence-corrected chi connectivity index (χ2v) is 5.12. The smallest absolute Gasteiger partial charge is 0.413 e. The van der Waals surface area contributed by atoms with E-state index in [0.717, 1.165) is 23.4 Å². The fraction of sp³-hybridized carbons (Fsp3) is 0.467. The Kier molecular flexibility index (Phi) is 5.21. The van der Waals surface area contributed by atoms with Crippen LogP contribution >= 0.6 is 0 Å². The zero-order chi connectivity index (χ0) is 16.1. The average Bonchev–Trinajstić information content (AvgIpc) is 2.53. The second kappa shape index (κ2) is 7.13. The molecule has 120 valence electrons. The lowest BCUT2D eigenvalue weighted by atomic mass is 9.99. The van der Waals surface area contributed by atoms with Crippen molar-refractivity contribution in [2.45, 2.75) is 13.0 Å². The van der Waals surface area contributed by atoms with E-state index in [4.69, 9.17) is 9.47 Å². The van der Waals surface area contributed by atoms with E-state index in [1.165, 1.54) is 12.7 Å².